The lowest BCUT2D eigenvalue weighted by molar-refractivity contribution is 0.245. The van der Waals surface area contributed by atoms with Crippen molar-refractivity contribution in [2.24, 2.45) is 0 Å². The van der Waals surface area contributed by atoms with Gasteiger partial charge in [-0.25, -0.2) is 0 Å². The molecule has 0 unspecified atom stereocenters. The molecule has 0 saturated heterocycles. The highest BCUT2D eigenvalue weighted by Gasteiger charge is 2.17. The average Bonchev–Trinajstić information content (AvgIpc) is 2.91. The minimum Gasteiger partial charge on any atom is -0.464 e. The molecule has 0 aliphatic carbocycles. The molecule has 1 aliphatic rings. The fourth-order valence-electron chi connectivity index (χ4n) is 3.09. The monoisotopic (exact) mass is 263 g/mol. The first kappa shape index (κ1) is 11.7. The molecule has 100 valence electrons. The molecule has 2 heteroatoms. The predicted molar refractivity (Wildman–Crippen MR) is 80.5 cm³/mol. The number of para-hydroxylation sites is 1. The summed E-state index contributed by atoms with van der Waals surface area (Å²) in [6, 6.07) is 17.0. The van der Waals surface area contributed by atoms with Crippen molar-refractivity contribution >= 4 is 11.0 Å². The Morgan fingerprint density at radius 1 is 0.950 bits per heavy atom. The molecule has 2 aromatic carbocycles. The Morgan fingerprint density at radius 2 is 1.75 bits per heavy atom. The van der Waals surface area contributed by atoms with E-state index < -0.39 is 0 Å². The summed E-state index contributed by atoms with van der Waals surface area (Å²) in [6.45, 7) is 3.12. The van der Waals surface area contributed by atoms with E-state index in [1.165, 1.54) is 22.1 Å². The number of hydrogen-bond acceptors (Lipinski definition) is 2. The van der Waals surface area contributed by atoms with E-state index in [2.05, 4.69) is 41.3 Å². The molecule has 0 fully saturated rings. The topological polar surface area (TPSA) is 16.4 Å². The van der Waals surface area contributed by atoms with Crippen LogP contribution in [0.2, 0.25) is 0 Å². The molecule has 0 bridgehead atoms. The summed E-state index contributed by atoms with van der Waals surface area (Å²) in [5.74, 6) is 0. The summed E-state index contributed by atoms with van der Waals surface area (Å²) in [5, 5.41) is 1.24. The molecule has 1 aliphatic heterocycles. The normalized spacial score (nSPS) is 15.4. The van der Waals surface area contributed by atoms with Crippen molar-refractivity contribution in [3.63, 3.8) is 0 Å². The Bertz CT molecular complexity index is 744. The van der Waals surface area contributed by atoms with E-state index in [-0.39, 0.29) is 0 Å². The van der Waals surface area contributed by atoms with Crippen LogP contribution >= 0.6 is 0 Å². The summed E-state index contributed by atoms with van der Waals surface area (Å²) in [4.78, 5) is 2.50. The van der Waals surface area contributed by atoms with E-state index in [1.807, 2.05) is 18.4 Å². The van der Waals surface area contributed by atoms with E-state index in [4.69, 9.17) is 4.42 Å². The van der Waals surface area contributed by atoms with Gasteiger partial charge in [-0.15, -0.1) is 0 Å². The maximum absolute atomic E-state index is 5.63. The third kappa shape index (κ3) is 2.02. The van der Waals surface area contributed by atoms with Gasteiger partial charge in [-0.2, -0.15) is 0 Å². The Hall–Kier alpha value is -2.06. The van der Waals surface area contributed by atoms with Crippen molar-refractivity contribution in [2.45, 2.75) is 19.5 Å². The Kier molecular flexibility index (Phi) is 2.82. The van der Waals surface area contributed by atoms with Crippen LogP contribution in [0.25, 0.3) is 11.0 Å². The van der Waals surface area contributed by atoms with Gasteiger partial charge in [0.25, 0.3) is 0 Å². The van der Waals surface area contributed by atoms with E-state index in [9.17, 15) is 0 Å². The first-order valence-corrected chi connectivity index (χ1v) is 7.14. The number of benzene rings is 2. The van der Waals surface area contributed by atoms with Gasteiger partial charge in [-0.05, 0) is 23.6 Å². The summed E-state index contributed by atoms with van der Waals surface area (Å²) in [5.41, 5.74) is 5.24. The maximum atomic E-state index is 5.63. The standard InChI is InChI=1S/C18H17NO/c1-2-6-15-11-19(10-9-14(15)5-1)12-16-13-20-18-8-4-3-7-17(16)18/h1-8,13H,9-12H2. The minimum atomic E-state index is 0.964. The van der Waals surface area contributed by atoms with Crippen molar-refractivity contribution in [3.8, 4) is 0 Å². The molecule has 2 nitrogen and oxygen atoms in total. The maximum Gasteiger partial charge on any atom is 0.134 e. The molecular weight excluding hydrogens is 246 g/mol. The van der Waals surface area contributed by atoms with E-state index in [0.717, 1.165) is 31.6 Å². The third-order valence-corrected chi connectivity index (χ3v) is 4.16. The number of nitrogens with zero attached hydrogens (tertiary/aromatic N) is 1. The molecule has 2 heterocycles. The lowest BCUT2D eigenvalue weighted by atomic mass is 9.99. The van der Waals surface area contributed by atoms with Crippen molar-refractivity contribution in [3.05, 3.63) is 71.5 Å². The van der Waals surface area contributed by atoms with Crippen LogP contribution in [0.3, 0.4) is 0 Å². The van der Waals surface area contributed by atoms with Gasteiger partial charge >= 0.3 is 0 Å². The smallest absolute Gasteiger partial charge is 0.134 e. The van der Waals surface area contributed by atoms with Crippen molar-refractivity contribution in [2.75, 3.05) is 6.54 Å². The van der Waals surface area contributed by atoms with Crippen LogP contribution < -0.4 is 0 Å². The minimum absolute atomic E-state index is 0.964. The van der Waals surface area contributed by atoms with Gasteiger partial charge in [0.2, 0.25) is 0 Å². The van der Waals surface area contributed by atoms with Crippen molar-refractivity contribution in [1.29, 1.82) is 0 Å². The first-order chi connectivity index (χ1) is 9.90. The summed E-state index contributed by atoms with van der Waals surface area (Å²) in [7, 11) is 0. The average molecular weight is 263 g/mol. The lowest BCUT2D eigenvalue weighted by Crippen LogP contribution is -2.29. The van der Waals surface area contributed by atoms with Crippen LogP contribution in [0, 0.1) is 0 Å². The summed E-state index contributed by atoms with van der Waals surface area (Å²) < 4.78 is 5.63. The molecule has 0 saturated carbocycles. The molecule has 0 spiro atoms. The van der Waals surface area contributed by atoms with E-state index >= 15 is 0 Å². The number of fused-ring (bicyclic) bond motifs is 2. The largest absolute Gasteiger partial charge is 0.464 e. The van der Waals surface area contributed by atoms with Crippen LogP contribution in [0.1, 0.15) is 16.7 Å². The molecule has 0 N–H and O–H groups in total. The lowest BCUT2D eigenvalue weighted by Gasteiger charge is -2.28. The zero-order valence-corrected chi connectivity index (χ0v) is 11.4. The van der Waals surface area contributed by atoms with Crippen LogP contribution in [0.4, 0.5) is 0 Å². The molecule has 0 amide bonds. The van der Waals surface area contributed by atoms with Gasteiger partial charge < -0.3 is 4.42 Å². The third-order valence-electron chi connectivity index (χ3n) is 4.16. The molecular formula is C18H17NO. The van der Waals surface area contributed by atoms with E-state index in [1.54, 1.807) is 0 Å². The van der Waals surface area contributed by atoms with Gasteiger partial charge in [0.15, 0.2) is 0 Å². The first-order valence-electron chi connectivity index (χ1n) is 7.14. The zero-order valence-electron chi connectivity index (χ0n) is 11.4. The second kappa shape index (κ2) is 4.80. The number of furan rings is 1. The van der Waals surface area contributed by atoms with Crippen molar-refractivity contribution < 1.29 is 4.42 Å². The zero-order chi connectivity index (χ0) is 13.4. The highest BCUT2D eigenvalue weighted by atomic mass is 16.3. The Morgan fingerprint density at radius 3 is 2.70 bits per heavy atom. The van der Waals surface area contributed by atoms with Crippen LogP contribution in [0.5, 0.6) is 0 Å². The molecule has 1 aromatic heterocycles. The Balaban J connectivity index is 1.59. The van der Waals surface area contributed by atoms with Gasteiger partial charge in [-0.3, -0.25) is 4.90 Å². The molecule has 20 heavy (non-hydrogen) atoms. The van der Waals surface area contributed by atoms with Gasteiger partial charge in [-0.1, -0.05) is 42.5 Å². The SMILES string of the molecule is c1ccc2c(c1)CCN(Cc1coc3ccccc13)C2. The van der Waals surface area contributed by atoms with Gasteiger partial charge in [0.1, 0.15) is 5.58 Å². The van der Waals surface area contributed by atoms with Gasteiger partial charge in [0.05, 0.1) is 6.26 Å². The quantitative estimate of drug-likeness (QED) is 0.695. The molecule has 4 rings (SSSR count). The van der Waals surface area contributed by atoms with E-state index in [0.29, 0.717) is 0 Å². The molecule has 0 atom stereocenters. The highest BCUT2D eigenvalue weighted by molar-refractivity contribution is 5.80. The molecule has 3 aromatic rings. The summed E-state index contributed by atoms with van der Waals surface area (Å²) in [6.07, 6.45) is 3.05. The van der Waals surface area contributed by atoms with Crippen molar-refractivity contribution in [1.82, 2.24) is 4.90 Å². The van der Waals surface area contributed by atoms with Crippen LogP contribution in [0.15, 0.2) is 59.2 Å². The predicted octanol–water partition coefficient (Wildman–Crippen LogP) is 3.99. The molecule has 0 radical (unpaired) electrons. The summed E-state index contributed by atoms with van der Waals surface area (Å²) >= 11 is 0. The second-order valence-corrected chi connectivity index (χ2v) is 5.49. The second-order valence-electron chi connectivity index (χ2n) is 5.49. The van der Waals surface area contributed by atoms with Crippen LogP contribution in [-0.4, -0.2) is 11.4 Å². The van der Waals surface area contributed by atoms with Gasteiger partial charge in [0, 0.05) is 30.6 Å². The highest BCUT2D eigenvalue weighted by Crippen LogP contribution is 2.25. The van der Waals surface area contributed by atoms with Crippen LogP contribution in [-0.2, 0) is 19.5 Å². The number of rotatable bonds is 2. The number of hydrogen-bond donors (Lipinski definition) is 0. The fourth-order valence-corrected chi connectivity index (χ4v) is 3.09. The Labute approximate surface area is 118 Å². The fraction of sp³-hybridized carbons (Fsp3) is 0.222.